The summed E-state index contributed by atoms with van der Waals surface area (Å²) in [5.74, 6) is -0.148. The molecule has 84 valence electrons. The van der Waals surface area contributed by atoms with Crippen molar-refractivity contribution in [3.63, 3.8) is 0 Å². The summed E-state index contributed by atoms with van der Waals surface area (Å²) < 4.78 is 13.5. The maximum absolute atomic E-state index is 13.5. The van der Waals surface area contributed by atoms with Crippen molar-refractivity contribution in [3.05, 3.63) is 29.6 Å². The molecule has 0 fully saturated rings. The highest BCUT2D eigenvalue weighted by Crippen LogP contribution is 2.23. The summed E-state index contributed by atoms with van der Waals surface area (Å²) in [6.45, 7) is 0.701. The third-order valence-corrected chi connectivity index (χ3v) is 2.42. The van der Waals surface area contributed by atoms with E-state index < -0.39 is 0 Å². The van der Waals surface area contributed by atoms with Crippen LogP contribution in [-0.4, -0.2) is 20.6 Å². The maximum atomic E-state index is 13.5. The number of benzene rings is 1. The van der Waals surface area contributed by atoms with E-state index in [1.54, 1.807) is 6.07 Å². The molecule has 0 aromatic heterocycles. The topological polar surface area (TPSA) is 29.3 Å². The van der Waals surface area contributed by atoms with E-state index in [-0.39, 0.29) is 5.82 Å². The lowest BCUT2D eigenvalue weighted by Gasteiger charge is -2.18. The first kappa shape index (κ1) is 12.0. The molecule has 0 radical (unpaired) electrons. The zero-order valence-electron chi connectivity index (χ0n) is 9.46. The minimum atomic E-state index is -0.148. The van der Waals surface area contributed by atoms with Gasteiger partial charge < -0.3 is 10.6 Å². The van der Waals surface area contributed by atoms with Gasteiger partial charge in [-0.3, -0.25) is 0 Å². The van der Waals surface area contributed by atoms with E-state index in [2.05, 4.69) is 0 Å². The minimum absolute atomic E-state index is 0.148. The second-order valence-corrected chi connectivity index (χ2v) is 3.89. The molecule has 0 heterocycles. The van der Waals surface area contributed by atoms with E-state index in [9.17, 15) is 4.39 Å². The average molecular weight is 210 g/mol. The lowest BCUT2D eigenvalue weighted by atomic mass is 10.1. The Morgan fingerprint density at radius 1 is 1.27 bits per heavy atom. The lowest BCUT2D eigenvalue weighted by Crippen LogP contribution is -2.13. The molecule has 3 heteroatoms. The van der Waals surface area contributed by atoms with Crippen molar-refractivity contribution in [2.75, 3.05) is 25.5 Å². The largest absolute Gasteiger partial charge is 0.375 e. The number of nitrogens with two attached hydrogens (primary N) is 1. The Balaban J connectivity index is 2.81. The lowest BCUT2D eigenvalue weighted by molar-refractivity contribution is 0.622. The van der Waals surface area contributed by atoms with Crippen molar-refractivity contribution in [2.24, 2.45) is 5.73 Å². The smallest absolute Gasteiger partial charge is 0.146 e. The van der Waals surface area contributed by atoms with Gasteiger partial charge >= 0.3 is 0 Å². The highest BCUT2D eigenvalue weighted by atomic mass is 19.1. The monoisotopic (exact) mass is 210 g/mol. The number of hydrogen-bond acceptors (Lipinski definition) is 2. The van der Waals surface area contributed by atoms with Gasteiger partial charge in [0, 0.05) is 14.1 Å². The van der Waals surface area contributed by atoms with Gasteiger partial charge in [0.05, 0.1) is 5.69 Å². The normalized spacial score (nSPS) is 10.4. The first-order chi connectivity index (χ1) is 7.16. The summed E-state index contributed by atoms with van der Waals surface area (Å²) in [5, 5.41) is 0. The Hall–Kier alpha value is -1.09. The van der Waals surface area contributed by atoms with Gasteiger partial charge in [-0.15, -0.1) is 0 Å². The molecule has 0 aliphatic carbocycles. The van der Waals surface area contributed by atoms with Gasteiger partial charge in [-0.05, 0) is 37.4 Å². The van der Waals surface area contributed by atoms with E-state index in [4.69, 9.17) is 5.73 Å². The highest BCUT2D eigenvalue weighted by Gasteiger charge is 2.09. The predicted octanol–water partition coefficient (Wildman–Crippen LogP) is 2.17. The van der Waals surface area contributed by atoms with Crippen LogP contribution in [0.1, 0.15) is 18.4 Å². The zero-order chi connectivity index (χ0) is 11.3. The van der Waals surface area contributed by atoms with Gasteiger partial charge in [-0.1, -0.05) is 12.1 Å². The first-order valence-corrected chi connectivity index (χ1v) is 5.31. The molecule has 2 nitrogen and oxygen atoms in total. The molecule has 1 aromatic rings. The summed E-state index contributed by atoms with van der Waals surface area (Å²) in [7, 11) is 3.73. The standard InChI is InChI=1S/C12H19FN2/c1-15(2)12-10(6-3-4-9-14)7-5-8-11(12)13/h5,7-8H,3-4,6,9,14H2,1-2H3. The van der Waals surface area contributed by atoms with Crippen LogP contribution in [-0.2, 0) is 6.42 Å². The maximum Gasteiger partial charge on any atom is 0.146 e. The molecule has 0 bridgehead atoms. The van der Waals surface area contributed by atoms with E-state index >= 15 is 0 Å². The Bertz CT molecular complexity index is 310. The van der Waals surface area contributed by atoms with Crippen LogP contribution >= 0.6 is 0 Å². The van der Waals surface area contributed by atoms with Crippen molar-refractivity contribution >= 4 is 5.69 Å². The summed E-state index contributed by atoms with van der Waals surface area (Å²) in [4.78, 5) is 1.83. The van der Waals surface area contributed by atoms with Gasteiger partial charge in [0.1, 0.15) is 5.82 Å². The van der Waals surface area contributed by atoms with Crippen molar-refractivity contribution in [1.82, 2.24) is 0 Å². The molecular weight excluding hydrogens is 191 g/mol. The summed E-state index contributed by atoms with van der Waals surface area (Å²) in [6.07, 6.45) is 2.90. The minimum Gasteiger partial charge on any atom is -0.375 e. The fraction of sp³-hybridized carbons (Fsp3) is 0.500. The van der Waals surface area contributed by atoms with Crippen molar-refractivity contribution in [2.45, 2.75) is 19.3 Å². The van der Waals surface area contributed by atoms with Gasteiger partial charge in [-0.25, -0.2) is 4.39 Å². The van der Waals surface area contributed by atoms with Crippen LogP contribution in [0.2, 0.25) is 0 Å². The van der Waals surface area contributed by atoms with Crippen molar-refractivity contribution in [1.29, 1.82) is 0 Å². The van der Waals surface area contributed by atoms with Gasteiger partial charge in [-0.2, -0.15) is 0 Å². The number of halogens is 1. The van der Waals surface area contributed by atoms with Crippen molar-refractivity contribution < 1.29 is 4.39 Å². The molecular formula is C12H19FN2. The number of hydrogen-bond donors (Lipinski definition) is 1. The van der Waals surface area contributed by atoms with Crippen molar-refractivity contribution in [3.8, 4) is 0 Å². The van der Waals surface area contributed by atoms with Crippen LogP contribution in [0.25, 0.3) is 0 Å². The molecule has 0 saturated heterocycles. The van der Waals surface area contributed by atoms with Gasteiger partial charge in [0.2, 0.25) is 0 Å². The molecule has 15 heavy (non-hydrogen) atoms. The Labute approximate surface area is 90.9 Å². The number of unbranched alkanes of at least 4 members (excludes halogenated alkanes) is 1. The Kier molecular flexibility index (Phi) is 4.56. The van der Waals surface area contributed by atoms with Gasteiger partial charge in [0.15, 0.2) is 0 Å². The molecule has 0 amide bonds. The number of aryl methyl sites for hydroxylation is 1. The molecule has 0 unspecified atom stereocenters. The SMILES string of the molecule is CN(C)c1c(F)cccc1CCCCN. The van der Waals surface area contributed by atoms with Crippen LogP contribution in [0, 0.1) is 5.82 Å². The summed E-state index contributed by atoms with van der Waals surface area (Å²) in [6, 6.07) is 5.25. The molecule has 0 atom stereocenters. The van der Waals surface area contributed by atoms with E-state index in [1.165, 1.54) is 6.07 Å². The summed E-state index contributed by atoms with van der Waals surface area (Å²) in [5.41, 5.74) is 7.20. The van der Waals surface area contributed by atoms with Crippen LogP contribution in [0.15, 0.2) is 18.2 Å². The third-order valence-electron chi connectivity index (χ3n) is 2.42. The van der Waals surface area contributed by atoms with Gasteiger partial charge in [0.25, 0.3) is 0 Å². The molecule has 0 aliphatic heterocycles. The number of para-hydroxylation sites is 1. The second kappa shape index (κ2) is 5.71. The van der Waals surface area contributed by atoms with Crippen LogP contribution in [0.5, 0.6) is 0 Å². The fourth-order valence-corrected chi connectivity index (χ4v) is 1.72. The predicted molar refractivity (Wildman–Crippen MR) is 62.7 cm³/mol. The summed E-state index contributed by atoms with van der Waals surface area (Å²) >= 11 is 0. The number of anilines is 1. The third kappa shape index (κ3) is 3.20. The molecule has 1 aromatic carbocycles. The quantitative estimate of drug-likeness (QED) is 0.755. The number of rotatable bonds is 5. The molecule has 0 spiro atoms. The van der Waals surface area contributed by atoms with Crippen LogP contribution in [0.4, 0.5) is 10.1 Å². The second-order valence-electron chi connectivity index (χ2n) is 3.89. The number of nitrogens with zero attached hydrogens (tertiary/aromatic N) is 1. The van der Waals surface area contributed by atoms with E-state index in [0.717, 1.165) is 24.8 Å². The average Bonchev–Trinajstić information content (AvgIpc) is 2.17. The molecule has 0 aliphatic rings. The molecule has 0 saturated carbocycles. The van der Waals surface area contributed by atoms with Crippen LogP contribution < -0.4 is 10.6 Å². The van der Waals surface area contributed by atoms with E-state index in [0.29, 0.717) is 12.2 Å². The molecule has 2 N–H and O–H groups in total. The van der Waals surface area contributed by atoms with Crippen LogP contribution in [0.3, 0.4) is 0 Å². The first-order valence-electron chi connectivity index (χ1n) is 5.31. The Morgan fingerprint density at radius 3 is 2.60 bits per heavy atom. The molecule has 1 rings (SSSR count). The highest BCUT2D eigenvalue weighted by molar-refractivity contribution is 5.53. The van der Waals surface area contributed by atoms with E-state index in [1.807, 2.05) is 25.1 Å². The fourth-order valence-electron chi connectivity index (χ4n) is 1.72. The zero-order valence-corrected chi connectivity index (χ0v) is 9.46. The Morgan fingerprint density at radius 2 is 2.00 bits per heavy atom.